The number of rotatable bonds is 3. The minimum absolute atomic E-state index is 0.0879. The van der Waals surface area contributed by atoms with Crippen LogP contribution >= 0.6 is 0 Å². The lowest BCUT2D eigenvalue weighted by Gasteiger charge is -2.40. The molecule has 1 atom stereocenters. The van der Waals surface area contributed by atoms with Gasteiger partial charge in [-0.25, -0.2) is 9.18 Å². The maximum atomic E-state index is 13.2. The van der Waals surface area contributed by atoms with Crippen molar-refractivity contribution in [2.75, 3.05) is 26.2 Å². The number of hydrogen-bond donors (Lipinski definition) is 2. The number of hydrogen-bond acceptors (Lipinski definition) is 3. The number of aryl methyl sites for hydroxylation is 1. The van der Waals surface area contributed by atoms with E-state index in [0.29, 0.717) is 19.5 Å². The SMILES string of the molecule is Cc1cc(F)ccc1C[C@H]1CN(C(=O)CN)CCN1C(=O)O. The van der Waals surface area contributed by atoms with Gasteiger partial charge in [-0.2, -0.15) is 0 Å². The standard InChI is InChI=1S/C15H20FN3O3/c1-10-6-12(16)3-2-11(10)7-13-9-18(14(20)8-17)4-5-19(13)15(21)22/h2-3,6,13H,4-5,7-9,17H2,1H3,(H,21,22)/t13-/m0/s1. The first-order valence-electron chi connectivity index (χ1n) is 7.14. The maximum Gasteiger partial charge on any atom is 0.407 e. The molecule has 0 unspecified atom stereocenters. The van der Waals surface area contributed by atoms with Crippen LogP contribution in [0.25, 0.3) is 0 Å². The van der Waals surface area contributed by atoms with Crippen LogP contribution in [0.4, 0.5) is 9.18 Å². The fourth-order valence-electron chi connectivity index (χ4n) is 2.78. The Hall–Kier alpha value is -2.15. The predicted octanol–water partition coefficient (Wildman–Crippen LogP) is 0.826. The highest BCUT2D eigenvalue weighted by Gasteiger charge is 2.32. The Morgan fingerprint density at radius 3 is 2.73 bits per heavy atom. The predicted molar refractivity (Wildman–Crippen MR) is 79.0 cm³/mol. The molecule has 6 nitrogen and oxygen atoms in total. The van der Waals surface area contributed by atoms with Crippen LogP contribution in [-0.4, -0.2) is 59.1 Å². The molecule has 1 fully saturated rings. The number of halogens is 1. The molecule has 22 heavy (non-hydrogen) atoms. The molecule has 2 amide bonds. The molecule has 2 rings (SSSR count). The van der Waals surface area contributed by atoms with Crippen LogP contribution in [0, 0.1) is 12.7 Å². The van der Waals surface area contributed by atoms with Crippen molar-refractivity contribution >= 4 is 12.0 Å². The van der Waals surface area contributed by atoms with E-state index in [0.717, 1.165) is 11.1 Å². The van der Waals surface area contributed by atoms with Crippen molar-refractivity contribution in [3.63, 3.8) is 0 Å². The van der Waals surface area contributed by atoms with Crippen molar-refractivity contribution in [3.05, 3.63) is 35.1 Å². The van der Waals surface area contributed by atoms with Crippen LogP contribution < -0.4 is 5.73 Å². The lowest BCUT2D eigenvalue weighted by Crippen LogP contribution is -2.57. The Labute approximate surface area is 128 Å². The van der Waals surface area contributed by atoms with Gasteiger partial charge in [-0.1, -0.05) is 6.07 Å². The molecule has 3 N–H and O–H groups in total. The van der Waals surface area contributed by atoms with E-state index in [1.54, 1.807) is 17.9 Å². The highest BCUT2D eigenvalue weighted by molar-refractivity contribution is 5.78. The summed E-state index contributed by atoms with van der Waals surface area (Å²) in [5.41, 5.74) is 7.02. The topological polar surface area (TPSA) is 86.9 Å². The number of piperazine rings is 1. The fourth-order valence-corrected chi connectivity index (χ4v) is 2.78. The highest BCUT2D eigenvalue weighted by atomic mass is 19.1. The number of carboxylic acid groups (broad SMARTS) is 1. The number of carbonyl (C=O) groups is 2. The second-order valence-electron chi connectivity index (χ2n) is 5.45. The van der Waals surface area contributed by atoms with Crippen LogP contribution in [0.5, 0.6) is 0 Å². The van der Waals surface area contributed by atoms with Crippen molar-refractivity contribution in [2.45, 2.75) is 19.4 Å². The van der Waals surface area contributed by atoms with E-state index >= 15 is 0 Å². The third-order valence-electron chi connectivity index (χ3n) is 4.02. The van der Waals surface area contributed by atoms with Crippen LogP contribution in [0.1, 0.15) is 11.1 Å². The summed E-state index contributed by atoms with van der Waals surface area (Å²) in [5, 5.41) is 9.32. The Morgan fingerprint density at radius 2 is 2.14 bits per heavy atom. The van der Waals surface area contributed by atoms with Gasteiger partial charge in [0.25, 0.3) is 0 Å². The molecule has 1 aromatic carbocycles. The molecule has 0 bridgehead atoms. The molecule has 1 aliphatic heterocycles. The lowest BCUT2D eigenvalue weighted by molar-refractivity contribution is -0.132. The first kappa shape index (κ1) is 16.2. The first-order chi connectivity index (χ1) is 10.4. The van der Waals surface area contributed by atoms with Crippen molar-refractivity contribution in [2.24, 2.45) is 5.73 Å². The summed E-state index contributed by atoms with van der Waals surface area (Å²) < 4.78 is 13.2. The second kappa shape index (κ2) is 6.74. The minimum Gasteiger partial charge on any atom is -0.465 e. The van der Waals surface area contributed by atoms with E-state index in [4.69, 9.17) is 5.73 Å². The van der Waals surface area contributed by atoms with E-state index in [1.165, 1.54) is 17.0 Å². The summed E-state index contributed by atoms with van der Waals surface area (Å²) in [6, 6.07) is 4.09. The number of nitrogens with zero attached hydrogens (tertiary/aromatic N) is 2. The molecular weight excluding hydrogens is 289 g/mol. The van der Waals surface area contributed by atoms with Crippen molar-refractivity contribution in [3.8, 4) is 0 Å². The Kier molecular flexibility index (Phi) is 4.97. The molecule has 1 saturated heterocycles. The van der Waals surface area contributed by atoms with E-state index in [9.17, 15) is 19.1 Å². The molecule has 0 radical (unpaired) electrons. The zero-order valence-electron chi connectivity index (χ0n) is 12.5. The minimum atomic E-state index is -1.01. The van der Waals surface area contributed by atoms with Gasteiger partial charge in [-0.15, -0.1) is 0 Å². The number of nitrogens with two attached hydrogens (primary N) is 1. The molecule has 1 aromatic rings. The van der Waals surface area contributed by atoms with Gasteiger partial charge < -0.3 is 20.6 Å². The second-order valence-corrected chi connectivity index (χ2v) is 5.45. The van der Waals surface area contributed by atoms with Gasteiger partial charge in [0.15, 0.2) is 0 Å². The van der Waals surface area contributed by atoms with Gasteiger partial charge in [0.2, 0.25) is 5.91 Å². The number of amides is 2. The molecule has 1 aliphatic rings. The quantitative estimate of drug-likeness (QED) is 0.865. The number of benzene rings is 1. The largest absolute Gasteiger partial charge is 0.465 e. The van der Waals surface area contributed by atoms with Crippen molar-refractivity contribution in [1.29, 1.82) is 0 Å². The van der Waals surface area contributed by atoms with E-state index in [-0.39, 0.29) is 30.9 Å². The summed E-state index contributed by atoms with van der Waals surface area (Å²) in [4.78, 5) is 26.0. The zero-order valence-corrected chi connectivity index (χ0v) is 12.5. The van der Waals surface area contributed by atoms with Crippen molar-refractivity contribution in [1.82, 2.24) is 9.80 Å². The van der Waals surface area contributed by atoms with Gasteiger partial charge in [-0.3, -0.25) is 4.79 Å². The summed E-state index contributed by atoms with van der Waals surface area (Å²) in [6.45, 7) is 2.61. The summed E-state index contributed by atoms with van der Waals surface area (Å²) in [5.74, 6) is -0.509. The fraction of sp³-hybridized carbons (Fsp3) is 0.467. The number of carbonyl (C=O) groups excluding carboxylic acids is 1. The van der Waals surface area contributed by atoms with Gasteiger partial charge in [-0.05, 0) is 36.6 Å². The van der Waals surface area contributed by atoms with Gasteiger partial charge in [0.05, 0.1) is 12.6 Å². The van der Waals surface area contributed by atoms with E-state index in [1.807, 2.05) is 0 Å². The van der Waals surface area contributed by atoms with Gasteiger partial charge in [0, 0.05) is 19.6 Å². The average Bonchev–Trinajstić information content (AvgIpc) is 2.49. The van der Waals surface area contributed by atoms with E-state index in [2.05, 4.69) is 0 Å². The third kappa shape index (κ3) is 3.54. The van der Waals surface area contributed by atoms with Crippen LogP contribution in [0.15, 0.2) is 18.2 Å². The lowest BCUT2D eigenvalue weighted by atomic mass is 9.98. The summed E-state index contributed by atoms with van der Waals surface area (Å²) in [7, 11) is 0. The summed E-state index contributed by atoms with van der Waals surface area (Å²) in [6.07, 6.45) is -0.572. The molecule has 1 heterocycles. The average molecular weight is 309 g/mol. The Morgan fingerprint density at radius 1 is 1.41 bits per heavy atom. The molecule has 0 spiro atoms. The molecule has 0 aliphatic carbocycles. The van der Waals surface area contributed by atoms with Gasteiger partial charge >= 0.3 is 6.09 Å². The normalized spacial score (nSPS) is 18.4. The highest BCUT2D eigenvalue weighted by Crippen LogP contribution is 2.18. The molecule has 0 saturated carbocycles. The van der Waals surface area contributed by atoms with Crippen LogP contribution in [-0.2, 0) is 11.2 Å². The van der Waals surface area contributed by atoms with Crippen LogP contribution in [0.3, 0.4) is 0 Å². The van der Waals surface area contributed by atoms with E-state index < -0.39 is 6.09 Å². The van der Waals surface area contributed by atoms with Crippen molar-refractivity contribution < 1.29 is 19.1 Å². The zero-order chi connectivity index (χ0) is 16.3. The Balaban J connectivity index is 2.18. The molecular formula is C15H20FN3O3. The molecule has 120 valence electrons. The Bertz CT molecular complexity index is 579. The summed E-state index contributed by atoms with van der Waals surface area (Å²) >= 11 is 0. The molecule has 0 aromatic heterocycles. The monoisotopic (exact) mass is 309 g/mol. The van der Waals surface area contributed by atoms with Crippen LogP contribution in [0.2, 0.25) is 0 Å². The maximum absolute atomic E-state index is 13.2. The first-order valence-corrected chi connectivity index (χ1v) is 7.14. The molecule has 7 heteroatoms. The third-order valence-corrected chi connectivity index (χ3v) is 4.02. The smallest absolute Gasteiger partial charge is 0.407 e. The van der Waals surface area contributed by atoms with Gasteiger partial charge in [0.1, 0.15) is 5.82 Å².